The van der Waals surface area contributed by atoms with E-state index in [0.29, 0.717) is 5.92 Å². The molecule has 1 saturated carbocycles. The quantitative estimate of drug-likeness (QED) is 0.640. The first-order valence-corrected chi connectivity index (χ1v) is 4.79. The Morgan fingerprint density at radius 3 is 2.75 bits per heavy atom. The van der Waals surface area contributed by atoms with Crippen molar-refractivity contribution in [2.45, 2.75) is 37.3 Å². The van der Waals surface area contributed by atoms with Gasteiger partial charge >= 0.3 is 0 Å². The molecule has 0 spiro atoms. The Balaban J connectivity index is 2.03. The van der Waals surface area contributed by atoms with Gasteiger partial charge in [0.1, 0.15) is 5.60 Å². The number of hydrogen-bond donors (Lipinski definition) is 2. The molecule has 12 heavy (non-hydrogen) atoms. The van der Waals surface area contributed by atoms with Gasteiger partial charge < -0.3 is 15.6 Å². The van der Waals surface area contributed by atoms with Crippen LogP contribution in [0.2, 0.25) is 0 Å². The number of nitrogens with two attached hydrogens (primary N) is 1. The van der Waals surface area contributed by atoms with Gasteiger partial charge in [0.05, 0.1) is 6.61 Å². The summed E-state index contributed by atoms with van der Waals surface area (Å²) in [6.07, 6.45) is 4.40. The highest BCUT2D eigenvalue weighted by Crippen LogP contribution is 2.40. The number of ether oxygens (including phenoxy) is 1. The molecule has 2 aliphatic rings. The third-order valence-corrected chi connectivity index (χ3v) is 3.14. The molecule has 70 valence electrons. The molecule has 0 radical (unpaired) electrons. The van der Waals surface area contributed by atoms with Crippen molar-refractivity contribution in [1.82, 2.24) is 0 Å². The van der Waals surface area contributed by atoms with Crippen molar-refractivity contribution in [3.05, 3.63) is 0 Å². The van der Waals surface area contributed by atoms with E-state index in [-0.39, 0.29) is 18.2 Å². The van der Waals surface area contributed by atoms with Gasteiger partial charge in [-0.25, -0.2) is 0 Å². The van der Waals surface area contributed by atoms with Crippen molar-refractivity contribution in [3.63, 3.8) is 0 Å². The highest BCUT2D eigenvalue weighted by molar-refractivity contribution is 5.01. The van der Waals surface area contributed by atoms with Crippen molar-refractivity contribution < 1.29 is 9.84 Å². The Morgan fingerprint density at radius 2 is 2.33 bits per heavy atom. The van der Waals surface area contributed by atoms with Gasteiger partial charge in [0.2, 0.25) is 0 Å². The summed E-state index contributed by atoms with van der Waals surface area (Å²) in [7, 11) is 0. The minimum absolute atomic E-state index is 0.0602. The predicted octanol–water partition coefficient (Wildman–Crippen LogP) is 0.265. The van der Waals surface area contributed by atoms with Crippen LogP contribution in [0.25, 0.3) is 0 Å². The van der Waals surface area contributed by atoms with Gasteiger partial charge in [0.25, 0.3) is 0 Å². The van der Waals surface area contributed by atoms with E-state index >= 15 is 0 Å². The minimum Gasteiger partial charge on any atom is -0.393 e. The monoisotopic (exact) mass is 171 g/mol. The summed E-state index contributed by atoms with van der Waals surface area (Å²) in [4.78, 5) is 0. The topological polar surface area (TPSA) is 55.5 Å². The number of aliphatic hydroxyl groups is 1. The average molecular weight is 171 g/mol. The fraction of sp³-hybridized carbons (Fsp3) is 1.00. The van der Waals surface area contributed by atoms with Gasteiger partial charge in [-0.3, -0.25) is 0 Å². The van der Waals surface area contributed by atoms with Crippen molar-refractivity contribution in [1.29, 1.82) is 0 Å². The summed E-state index contributed by atoms with van der Waals surface area (Å²) >= 11 is 0. The van der Waals surface area contributed by atoms with Gasteiger partial charge in [-0.15, -0.1) is 0 Å². The normalized spacial score (nSPS) is 38.5. The summed E-state index contributed by atoms with van der Waals surface area (Å²) in [5.41, 5.74) is 5.66. The van der Waals surface area contributed by atoms with Crippen molar-refractivity contribution >= 4 is 0 Å². The van der Waals surface area contributed by atoms with Gasteiger partial charge in [-0.05, 0) is 31.6 Å². The molecule has 0 aromatic heterocycles. The van der Waals surface area contributed by atoms with Crippen molar-refractivity contribution in [2.24, 2.45) is 11.7 Å². The summed E-state index contributed by atoms with van der Waals surface area (Å²) < 4.78 is 5.58. The van der Waals surface area contributed by atoms with Crippen LogP contribution in [0.5, 0.6) is 0 Å². The first-order valence-electron chi connectivity index (χ1n) is 4.79. The molecule has 1 aliphatic carbocycles. The molecule has 0 bridgehead atoms. The molecule has 2 atom stereocenters. The molecule has 1 heterocycles. The number of aliphatic hydroxyl groups excluding tert-OH is 1. The second-order valence-electron chi connectivity index (χ2n) is 4.04. The maximum Gasteiger partial charge on any atom is 0.106 e. The lowest BCUT2D eigenvalue weighted by Crippen LogP contribution is -2.51. The molecule has 2 rings (SSSR count). The van der Waals surface area contributed by atoms with Crippen LogP contribution < -0.4 is 5.73 Å². The zero-order chi connectivity index (χ0) is 8.60. The molecule has 0 aromatic rings. The molecule has 3 nitrogen and oxygen atoms in total. The second-order valence-corrected chi connectivity index (χ2v) is 4.04. The highest BCUT2D eigenvalue weighted by Gasteiger charge is 2.47. The van der Waals surface area contributed by atoms with Gasteiger partial charge in [-0.1, -0.05) is 0 Å². The van der Waals surface area contributed by atoms with Gasteiger partial charge in [0, 0.05) is 12.6 Å². The zero-order valence-corrected chi connectivity index (χ0v) is 7.33. The average Bonchev–Trinajstić information content (AvgIpc) is 2.83. The first-order chi connectivity index (χ1) is 5.78. The van der Waals surface area contributed by atoms with Crippen LogP contribution in [0, 0.1) is 5.92 Å². The van der Waals surface area contributed by atoms with E-state index in [0.717, 1.165) is 19.4 Å². The third kappa shape index (κ3) is 1.26. The Hall–Kier alpha value is -0.120. The van der Waals surface area contributed by atoms with Gasteiger partial charge in [0.15, 0.2) is 0 Å². The largest absolute Gasteiger partial charge is 0.393 e. The fourth-order valence-corrected chi connectivity index (χ4v) is 2.10. The highest BCUT2D eigenvalue weighted by atomic mass is 16.5. The zero-order valence-electron chi connectivity index (χ0n) is 7.33. The van der Waals surface area contributed by atoms with E-state index in [1.165, 1.54) is 12.8 Å². The smallest absolute Gasteiger partial charge is 0.106 e. The van der Waals surface area contributed by atoms with E-state index in [2.05, 4.69) is 0 Å². The van der Waals surface area contributed by atoms with E-state index in [9.17, 15) is 5.11 Å². The van der Waals surface area contributed by atoms with E-state index in [4.69, 9.17) is 10.5 Å². The molecule has 0 amide bonds. The Labute approximate surface area is 72.9 Å². The standard InChI is InChI=1S/C9H17NO2/c10-8(7-2-3-7)9(6-11)4-1-5-12-9/h7-8,11H,1-6,10H2/t8-,9+/m0/s1. The van der Waals surface area contributed by atoms with Gasteiger partial charge in [-0.2, -0.15) is 0 Å². The third-order valence-electron chi connectivity index (χ3n) is 3.14. The van der Waals surface area contributed by atoms with E-state index in [1.54, 1.807) is 0 Å². The Kier molecular flexibility index (Phi) is 2.10. The fourth-order valence-electron chi connectivity index (χ4n) is 2.10. The Morgan fingerprint density at radius 1 is 1.58 bits per heavy atom. The summed E-state index contributed by atoms with van der Waals surface area (Å²) in [6, 6.07) is 0.0602. The summed E-state index contributed by atoms with van der Waals surface area (Å²) in [5, 5.41) is 9.26. The summed E-state index contributed by atoms with van der Waals surface area (Å²) in [5.74, 6) is 0.607. The maximum absolute atomic E-state index is 9.26. The predicted molar refractivity (Wildman–Crippen MR) is 45.7 cm³/mol. The van der Waals surface area contributed by atoms with Crippen LogP contribution >= 0.6 is 0 Å². The molecular weight excluding hydrogens is 154 g/mol. The minimum atomic E-state index is -0.388. The molecule has 1 saturated heterocycles. The molecule has 2 fully saturated rings. The molecular formula is C9H17NO2. The molecule has 0 aromatic carbocycles. The van der Waals surface area contributed by atoms with Crippen LogP contribution in [-0.2, 0) is 4.74 Å². The Bertz CT molecular complexity index is 162. The lowest BCUT2D eigenvalue weighted by atomic mass is 9.89. The van der Waals surface area contributed by atoms with Crippen LogP contribution in [0.15, 0.2) is 0 Å². The number of hydrogen-bond acceptors (Lipinski definition) is 3. The number of rotatable bonds is 3. The van der Waals surface area contributed by atoms with E-state index < -0.39 is 0 Å². The molecule has 0 unspecified atom stereocenters. The SMILES string of the molecule is N[C@@H](C1CC1)[C@]1(CO)CCCO1. The lowest BCUT2D eigenvalue weighted by molar-refractivity contribution is -0.0603. The lowest BCUT2D eigenvalue weighted by Gasteiger charge is -2.32. The maximum atomic E-state index is 9.26. The van der Waals surface area contributed by atoms with Crippen LogP contribution in [0.3, 0.4) is 0 Å². The molecule has 3 heteroatoms. The van der Waals surface area contributed by atoms with Crippen molar-refractivity contribution in [2.75, 3.05) is 13.2 Å². The molecule has 1 aliphatic heterocycles. The van der Waals surface area contributed by atoms with Crippen LogP contribution in [0.1, 0.15) is 25.7 Å². The van der Waals surface area contributed by atoms with Crippen LogP contribution in [0.4, 0.5) is 0 Å². The summed E-state index contributed by atoms with van der Waals surface area (Å²) in [6.45, 7) is 0.853. The van der Waals surface area contributed by atoms with E-state index in [1.807, 2.05) is 0 Å². The molecule has 3 N–H and O–H groups in total. The first kappa shape index (κ1) is 8.48. The second kappa shape index (κ2) is 2.98. The van der Waals surface area contributed by atoms with Crippen molar-refractivity contribution in [3.8, 4) is 0 Å². The van der Waals surface area contributed by atoms with Crippen LogP contribution in [-0.4, -0.2) is 30.0 Å².